The summed E-state index contributed by atoms with van der Waals surface area (Å²) in [5.74, 6) is -1.87. The predicted octanol–water partition coefficient (Wildman–Crippen LogP) is 7.17. The van der Waals surface area contributed by atoms with Crippen LogP contribution in [0.3, 0.4) is 0 Å². The number of piperidine rings is 1. The first-order chi connectivity index (χ1) is 16.1. The van der Waals surface area contributed by atoms with Crippen molar-refractivity contribution in [1.82, 2.24) is 4.90 Å². The third-order valence-corrected chi connectivity index (χ3v) is 5.99. The Morgan fingerprint density at radius 3 is 1.94 bits per heavy atom. The van der Waals surface area contributed by atoms with Crippen LogP contribution in [0.5, 0.6) is 0 Å². The molecule has 0 bridgehead atoms. The highest BCUT2D eigenvalue weighted by atomic mass is 19.4. The van der Waals surface area contributed by atoms with Gasteiger partial charge >= 0.3 is 24.5 Å². The van der Waals surface area contributed by atoms with Crippen molar-refractivity contribution in [2.24, 2.45) is 5.92 Å². The van der Waals surface area contributed by atoms with Crippen molar-refractivity contribution in [3.8, 4) is 0 Å². The quantitative estimate of drug-likeness (QED) is 0.431. The second-order valence-electron chi connectivity index (χ2n) is 8.40. The Labute approximate surface area is 194 Å². The molecule has 2 aromatic rings. The van der Waals surface area contributed by atoms with E-state index in [0.29, 0.717) is 31.0 Å². The third kappa shape index (κ3) is 6.47. The number of carboxylic acids is 1. The lowest BCUT2D eigenvalue weighted by molar-refractivity contribution is -0.142. The summed E-state index contributed by atoms with van der Waals surface area (Å²) in [6.07, 6.45) is -14.2. The number of halogens is 9. The molecular weight excluding hydrogens is 493 g/mol. The van der Waals surface area contributed by atoms with Gasteiger partial charge in [-0.2, -0.15) is 39.5 Å². The van der Waals surface area contributed by atoms with Crippen LogP contribution in [-0.2, 0) is 29.9 Å². The third-order valence-electron chi connectivity index (χ3n) is 5.99. The summed E-state index contributed by atoms with van der Waals surface area (Å²) < 4.78 is 119. The highest BCUT2D eigenvalue weighted by molar-refractivity contribution is 5.67. The van der Waals surface area contributed by atoms with Crippen molar-refractivity contribution in [1.29, 1.82) is 0 Å². The summed E-state index contributed by atoms with van der Waals surface area (Å²) in [7, 11) is 0. The lowest BCUT2D eigenvalue weighted by Crippen LogP contribution is -2.39. The molecule has 1 N–H and O–H groups in total. The van der Waals surface area contributed by atoms with Crippen molar-refractivity contribution in [2.45, 2.75) is 50.4 Å². The summed E-state index contributed by atoms with van der Waals surface area (Å²) in [4.78, 5) is 12.8. The number of hydrogen-bond acceptors (Lipinski definition) is 2. The Balaban J connectivity index is 2.05. The minimum atomic E-state index is -4.94. The molecule has 0 amide bonds. The van der Waals surface area contributed by atoms with Crippen LogP contribution in [-0.4, -0.2) is 22.5 Å². The molecule has 1 saturated heterocycles. The lowest BCUT2D eigenvalue weighted by Gasteiger charge is -2.42. The smallest absolute Gasteiger partial charge is 0.416 e. The molecule has 0 spiro atoms. The number of carboxylic acid groups (broad SMARTS) is 1. The molecule has 3 nitrogen and oxygen atoms in total. The summed E-state index contributed by atoms with van der Waals surface area (Å²) in [5, 5.41) is 9.29. The van der Waals surface area contributed by atoms with E-state index in [1.54, 1.807) is 0 Å². The molecule has 3 rings (SSSR count). The van der Waals surface area contributed by atoms with E-state index in [1.807, 2.05) is 0 Å². The van der Waals surface area contributed by atoms with Crippen LogP contribution in [0.25, 0.3) is 0 Å². The molecule has 0 aromatic heterocycles. The topological polar surface area (TPSA) is 40.5 Å². The fourth-order valence-electron chi connectivity index (χ4n) is 4.52. The van der Waals surface area contributed by atoms with E-state index < -0.39 is 71.7 Å². The van der Waals surface area contributed by atoms with E-state index in [2.05, 4.69) is 0 Å². The van der Waals surface area contributed by atoms with Gasteiger partial charge in [0.25, 0.3) is 0 Å². The van der Waals surface area contributed by atoms with E-state index in [1.165, 1.54) is 4.90 Å². The van der Waals surface area contributed by atoms with Gasteiger partial charge < -0.3 is 5.11 Å². The van der Waals surface area contributed by atoms with Crippen molar-refractivity contribution in [2.75, 3.05) is 6.54 Å². The number of likely N-dealkylation sites (tertiary alicyclic amines) is 1. The minimum Gasteiger partial charge on any atom is -0.481 e. The van der Waals surface area contributed by atoms with Crippen LogP contribution in [0.1, 0.15) is 53.1 Å². The number of alkyl halides is 9. The molecule has 1 fully saturated rings. The first kappa shape index (κ1) is 26.8. The van der Waals surface area contributed by atoms with Gasteiger partial charge in [-0.15, -0.1) is 0 Å². The lowest BCUT2D eigenvalue weighted by atomic mass is 9.82. The van der Waals surface area contributed by atoms with E-state index in [9.17, 15) is 49.4 Å². The molecule has 0 aliphatic carbocycles. The van der Waals surface area contributed by atoms with Gasteiger partial charge in [-0.05, 0) is 66.8 Å². The molecule has 35 heavy (non-hydrogen) atoms. The average molecular weight is 513 g/mol. The van der Waals surface area contributed by atoms with Crippen LogP contribution >= 0.6 is 0 Å². The minimum absolute atomic E-state index is 0.120. The maximum Gasteiger partial charge on any atom is 0.416 e. The highest BCUT2D eigenvalue weighted by Crippen LogP contribution is 2.42. The molecule has 2 atom stereocenters. The van der Waals surface area contributed by atoms with E-state index in [0.717, 1.165) is 24.3 Å². The van der Waals surface area contributed by atoms with Crippen LogP contribution in [0.4, 0.5) is 39.5 Å². The number of aliphatic carboxylic acids is 1. The van der Waals surface area contributed by atoms with E-state index in [4.69, 9.17) is 0 Å². The van der Waals surface area contributed by atoms with E-state index in [-0.39, 0.29) is 12.1 Å². The summed E-state index contributed by atoms with van der Waals surface area (Å²) in [6.45, 7) is -0.476. The summed E-state index contributed by atoms with van der Waals surface area (Å²) in [5.41, 5.74) is -3.91. The largest absolute Gasteiger partial charge is 0.481 e. The number of rotatable bonds is 5. The van der Waals surface area contributed by atoms with Crippen molar-refractivity contribution in [3.63, 3.8) is 0 Å². The van der Waals surface area contributed by atoms with Crippen LogP contribution in [0, 0.1) is 5.92 Å². The van der Waals surface area contributed by atoms with Crippen molar-refractivity contribution >= 4 is 5.97 Å². The molecular formula is C23H20F9NO2. The molecule has 0 radical (unpaired) electrons. The van der Waals surface area contributed by atoms with Crippen LogP contribution in [0.15, 0.2) is 42.5 Å². The van der Waals surface area contributed by atoms with Crippen LogP contribution < -0.4 is 0 Å². The molecule has 192 valence electrons. The maximum atomic E-state index is 13.6. The van der Waals surface area contributed by atoms with Crippen molar-refractivity contribution in [3.05, 3.63) is 70.3 Å². The number of nitrogens with zero attached hydrogens (tertiary/aromatic N) is 1. The van der Waals surface area contributed by atoms with E-state index >= 15 is 0 Å². The predicted molar refractivity (Wildman–Crippen MR) is 106 cm³/mol. The zero-order valence-electron chi connectivity index (χ0n) is 17.9. The standard InChI is InChI=1S/C23H20F9NO2/c24-21(25,26)16-5-3-13(4-6-16)20-14(11-19(34)35)2-1-9-33(20)12-15-10-17(22(27,28)29)7-8-18(15)23(30,31)32/h3-8,10,14,20H,1-2,9,11-12H2,(H,34,35)/t14?,20-/m0/s1. The highest BCUT2D eigenvalue weighted by Gasteiger charge is 2.40. The SMILES string of the molecule is O=C(O)CC1CCCN(Cc2cc(C(F)(F)F)ccc2C(F)(F)F)[C@H]1c1ccc(C(F)(F)F)cc1. The molecule has 1 aliphatic rings. The van der Waals surface area contributed by atoms with Gasteiger partial charge in [-0.25, -0.2) is 0 Å². The number of benzene rings is 2. The molecule has 2 aromatic carbocycles. The normalized spacial score (nSPS) is 20.1. The monoisotopic (exact) mass is 513 g/mol. The summed E-state index contributed by atoms with van der Waals surface area (Å²) in [6, 6.07) is 4.00. The molecule has 0 saturated carbocycles. The molecule has 1 unspecified atom stereocenters. The second-order valence-corrected chi connectivity index (χ2v) is 8.40. The molecule has 1 aliphatic heterocycles. The fourth-order valence-corrected chi connectivity index (χ4v) is 4.52. The van der Waals surface area contributed by atoms with Gasteiger partial charge in [0.05, 0.1) is 16.7 Å². The molecule has 12 heteroatoms. The fraction of sp³-hybridized carbons (Fsp3) is 0.435. The van der Waals surface area contributed by atoms with Crippen LogP contribution in [0.2, 0.25) is 0 Å². The Kier molecular flexibility index (Phi) is 7.45. The summed E-state index contributed by atoms with van der Waals surface area (Å²) >= 11 is 0. The Morgan fingerprint density at radius 2 is 1.43 bits per heavy atom. The van der Waals surface area contributed by atoms with Gasteiger partial charge in [0.15, 0.2) is 0 Å². The first-order valence-electron chi connectivity index (χ1n) is 10.5. The number of hydrogen-bond donors (Lipinski definition) is 1. The van der Waals surface area contributed by atoms with Crippen molar-refractivity contribution < 1.29 is 49.4 Å². The maximum absolute atomic E-state index is 13.6. The van der Waals surface area contributed by atoms with Gasteiger partial charge in [0.2, 0.25) is 0 Å². The molecule has 1 heterocycles. The number of carbonyl (C=O) groups is 1. The average Bonchev–Trinajstić information content (AvgIpc) is 2.71. The van der Waals surface area contributed by atoms with Gasteiger partial charge in [0.1, 0.15) is 0 Å². The second kappa shape index (κ2) is 9.71. The Hall–Kier alpha value is -2.76. The Morgan fingerprint density at radius 1 is 0.857 bits per heavy atom. The Bertz CT molecular complexity index is 1040. The zero-order valence-corrected chi connectivity index (χ0v) is 17.9. The first-order valence-corrected chi connectivity index (χ1v) is 10.5. The zero-order chi connectivity index (χ0) is 26.2. The van der Waals surface area contributed by atoms with Gasteiger partial charge in [-0.1, -0.05) is 12.1 Å². The van der Waals surface area contributed by atoms with Gasteiger partial charge in [-0.3, -0.25) is 9.69 Å². The van der Waals surface area contributed by atoms with Gasteiger partial charge in [0, 0.05) is 19.0 Å².